The summed E-state index contributed by atoms with van der Waals surface area (Å²) in [6.45, 7) is 6.17. The van der Waals surface area contributed by atoms with Gasteiger partial charge in [-0.05, 0) is 32.9 Å². The summed E-state index contributed by atoms with van der Waals surface area (Å²) in [5, 5.41) is 1.94. The summed E-state index contributed by atoms with van der Waals surface area (Å²) >= 11 is 0. The zero-order chi connectivity index (χ0) is 11.1. The van der Waals surface area contributed by atoms with E-state index in [-0.39, 0.29) is 11.4 Å². The number of carbonyl (C=O) groups is 1. The predicted octanol–water partition coefficient (Wildman–Crippen LogP) is 2.01. The molecule has 1 fully saturated rings. The molecule has 0 aliphatic carbocycles. The number of hydrogen-bond donors (Lipinski definition) is 1. The summed E-state index contributed by atoms with van der Waals surface area (Å²) in [4.78, 5) is 11.4. The lowest BCUT2D eigenvalue weighted by atomic mass is 10.0. The highest BCUT2D eigenvalue weighted by molar-refractivity contribution is 5.83. The van der Waals surface area contributed by atoms with Crippen LogP contribution in [0.25, 0.3) is 0 Å². The molecule has 0 bridgehead atoms. The Morgan fingerprint density at radius 3 is 2.33 bits per heavy atom. The van der Waals surface area contributed by atoms with Crippen molar-refractivity contribution in [1.82, 2.24) is 5.43 Å². The van der Waals surface area contributed by atoms with Crippen molar-refractivity contribution in [1.29, 1.82) is 0 Å². The molecule has 1 saturated heterocycles. The third kappa shape index (κ3) is 1.82. The van der Waals surface area contributed by atoms with Gasteiger partial charge in [0.05, 0.1) is 17.6 Å². The Kier molecular flexibility index (Phi) is 2.18. The van der Waals surface area contributed by atoms with Crippen molar-refractivity contribution in [2.75, 3.05) is 5.01 Å². The zero-order valence-corrected chi connectivity index (χ0v) is 9.37. The van der Waals surface area contributed by atoms with E-state index in [9.17, 15) is 4.79 Å². The molecule has 0 radical (unpaired) electrons. The van der Waals surface area contributed by atoms with Gasteiger partial charge in [0.2, 0.25) is 5.91 Å². The number of benzene rings is 1. The highest BCUT2D eigenvalue weighted by Gasteiger charge is 2.37. The van der Waals surface area contributed by atoms with Crippen LogP contribution in [0.5, 0.6) is 0 Å². The van der Waals surface area contributed by atoms with Crippen molar-refractivity contribution < 1.29 is 4.79 Å². The van der Waals surface area contributed by atoms with Crippen molar-refractivity contribution in [2.24, 2.45) is 0 Å². The summed E-state index contributed by atoms with van der Waals surface area (Å²) in [6.07, 6.45) is 0.543. The molecule has 0 aromatic heterocycles. The summed E-state index contributed by atoms with van der Waals surface area (Å²) in [5.41, 5.74) is 4.99. The van der Waals surface area contributed by atoms with Gasteiger partial charge in [0.1, 0.15) is 0 Å². The number of nitrogens with one attached hydrogen (secondary N) is 1. The average Bonchev–Trinajstić information content (AvgIpc) is 2.41. The molecular weight excluding hydrogens is 188 g/mol. The summed E-state index contributed by atoms with van der Waals surface area (Å²) < 4.78 is 0. The largest absolute Gasteiger partial charge is 0.280 e. The van der Waals surface area contributed by atoms with Crippen LogP contribution in [-0.4, -0.2) is 11.4 Å². The minimum Gasteiger partial charge on any atom is -0.280 e. The predicted molar refractivity (Wildman–Crippen MR) is 60.5 cm³/mol. The van der Waals surface area contributed by atoms with Gasteiger partial charge >= 0.3 is 0 Å². The second-order valence-electron chi connectivity index (χ2n) is 4.70. The number of carbonyl (C=O) groups excluding carboxylic acids is 1. The molecule has 3 nitrogen and oxygen atoms in total. The highest BCUT2D eigenvalue weighted by atomic mass is 16.2. The molecule has 2 rings (SSSR count). The number of amides is 1. The number of nitrogens with zero attached hydrogens (tertiary/aromatic N) is 1. The molecule has 0 saturated carbocycles. The third-order valence-corrected chi connectivity index (χ3v) is 2.73. The minimum atomic E-state index is -0.146. The molecule has 0 unspecified atom stereocenters. The quantitative estimate of drug-likeness (QED) is 0.759. The van der Waals surface area contributed by atoms with Crippen LogP contribution in [-0.2, 0) is 4.79 Å². The third-order valence-electron chi connectivity index (χ3n) is 2.73. The fraction of sp³-hybridized carbons (Fsp3) is 0.417. The molecule has 1 aliphatic heterocycles. The first-order chi connectivity index (χ1) is 6.99. The van der Waals surface area contributed by atoms with E-state index < -0.39 is 0 Å². The van der Waals surface area contributed by atoms with E-state index in [1.165, 1.54) is 5.56 Å². The lowest BCUT2D eigenvalue weighted by molar-refractivity contribution is -0.119. The maximum absolute atomic E-state index is 11.4. The van der Waals surface area contributed by atoms with Crippen LogP contribution in [0, 0.1) is 6.92 Å². The van der Waals surface area contributed by atoms with Crippen LogP contribution >= 0.6 is 0 Å². The van der Waals surface area contributed by atoms with Crippen molar-refractivity contribution in [3.05, 3.63) is 29.8 Å². The monoisotopic (exact) mass is 204 g/mol. The molecule has 1 aromatic rings. The smallest absolute Gasteiger partial charge is 0.240 e. The Labute approximate surface area is 90.1 Å². The van der Waals surface area contributed by atoms with Gasteiger partial charge < -0.3 is 0 Å². The average molecular weight is 204 g/mol. The first-order valence-electron chi connectivity index (χ1n) is 5.15. The maximum atomic E-state index is 11.4. The first-order valence-corrected chi connectivity index (χ1v) is 5.15. The van der Waals surface area contributed by atoms with E-state index >= 15 is 0 Å². The first kappa shape index (κ1) is 10.0. The van der Waals surface area contributed by atoms with Crippen molar-refractivity contribution in [3.8, 4) is 0 Å². The van der Waals surface area contributed by atoms with Crippen LogP contribution in [0.3, 0.4) is 0 Å². The Balaban J connectivity index is 2.31. The van der Waals surface area contributed by atoms with Crippen LogP contribution in [0.2, 0.25) is 0 Å². The Morgan fingerprint density at radius 1 is 1.27 bits per heavy atom. The van der Waals surface area contributed by atoms with E-state index in [1.807, 2.05) is 17.1 Å². The van der Waals surface area contributed by atoms with Crippen LogP contribution in [0.4, 0.5) is 5.69 Å². The zero-order valence-electron chi connectivity index (χ0n) is 9.37. The van der Waals surface area contributed by atoms with Gasteiger partial charge in [0, 0.05) is 0 Å². The van der Waals surface area contributed by atoms with Crippen LogP contribution < -0.4 is 10.4 Å². The minimum absolute atomic E-state index is 0.0839. The number of rotatable bonds is 1. The van der Waals surface area contributed by atoms with Gasteiger partial charge in [0.15, 0.2) is 0 Å². The van der Waals surface area contributed by atoms with Crippen molar-refractivity contribution in [3.63, 3.8) is 0 Å². The normalized spacial score (nSPS) is 19.1. The number of anilines is 1. The van der Waals surface area contributed by atoms with E-state index in [1.54, 1.807) is 0 Å². The van der Waals surface area contributed by atoms with Gasteiger partial charge in [-0.1, -0.05) is 17.7 Å². The number of hydrogen-bond acceptors (Lipinski definition) is 2. The molecule has 1 aromatic carbocycles. The Bertz CT molecular complexity index is 381. The lowest BCUT2D eigenvalue weighted by Gasteiger charge is -2.31. The van der Waals surface area contributed by atoms with Gasteiger partial charge in [-0.3, -0.25) is 15.2 Å². The second kappa shape index (κ2) is 3.26. The summed E-state index contributed by atoms with van der Waals surface area (Å²) in [7, 11) is 0. The molecule has 1 N–H and O–H groups in total. The number of aryl methyl sites for hydroxylation is 1. The van der Waals surface area contributed by atoms with Crippen LogP contribution in [0.1, 0.15) is 25.8 Å². The molecular formula is C12H16N2O. The molecule has 80 valence electrons. The Hall–Kier alpha value is -1.51. The maximum Gasteiger partial charge on any atom is 0.240 e. The lowest BCUT2D eigenvalue weighted by Crippen LogP contribution is -2.44. The molecule has 1 aliphatic rings. The SMILES string of the molecule is Cc1ccc(N2NC(=O)CC2(C)C)cc1. The van der Waals surface area contributed by atoms with Crippen LogP contribution in [0.15, 0.2) is 24.3 Å². The standard InChI is InChI=1S/C12H16N2O/c1-9-4-6-10(7-5-9)14-12(2,3)8-11(15)13-14/h4-7H,8H2,1-3H3,(H,13,15). The molecule has 0 atom stereocenters. The van der Waals surface area contributed by atoms with Gasteiger partial charge in [-0.15, -0.1) is 0 Å². The van der Waals surface area contributed by atoms with Gasteiger partial charge in [-0.25, -0.2) is 0 Å². The molecule has 1 amide bonds. The molecule has 3 heteroatoms. The highest BCUT2D eigenvalue weighted by Crippen LogP contribution is 2.28. The van der Waals surface area contributed by atoms with E-state index in [4.69, 9.17) is 0 Å². The van der Waals surface area contributed by atoms with Gasteiger partial charge in [-0.2, -0.15) is 0 Å². The second-order valence-corrected chi connectivity index (χ2v) is 4.70. The summed E-state index contributed by atoms with van der Waals surface area (Å²) in [6, 6.07) is 8.16. The van der Waals surface area contributed by atoms with Crippen molar-refractivity contribution in [2.45, 2.75) is 32.7 Å². The topological polar surface area (TPSA) is 32.3 Å². The van der Waals surface area contributed by atoms with E-state index in [0.717, 1.165) is 5.69 Å². The Morgan fingerprint density at radius 2 is 1.87 bits per heavy atom. The number of hydrazine groups is 1. The van der Waals surface area contributed by atoms with E-state index in [0.29, 0.717) is 6.42 Å². The fourth-order valence-electron chi connectivity index (χ4n) is 1.90. The molecule has 15 heavy (non-hydrogen) atoms. The molecule has 1 heterocycles. The van der Waals surface area contributed by atoms with Gasteiger partial charge in [0.25, 0.3) is 0 Å². The van der Waals surface area contributed by atoms with Crippen molar-refractivity contribution >= 4 is 11.6 Å². The fourth-order valence-corrected chi connectivity index (χ4v) is 1.90. The van der Waals surface area contributed by atoms with E-state index in [2.05, 4.69) is 38.3 Å². The molecule has 0 spiro atoms. The summed E-state index contributed by atoms with van der Waals surface area (Å²) in [5.74, 6) is 0.0839.